The standard InChI is InChI=1S/C24H24FN5O2/c1-26-18-9-11-30(12-10-18)24-28-22(17-7-8-20(27-2)19(25)13-17)21(23(32)29-24)16-5-3-15(14-31)4-6-16/h3-8,13,18,26,31H,9-12,14H2,1H3,(H,28,29,32). The molecule has 0 bridgehead atoms. The minimum absolute atomic E-state index is 0.0817. The summed E-state index contributed by atoms with van der Waals surface area (Å²) in [5, 5.41) is 12.6. The van der Waals surface area contributed by atoms with Crippen LogP contribution in [0.25, 0.3) is 27.2 Å². The monoisotopic (exact) mass is 433 g/mol. The Kier molecular flexibility index (Phi) is 6.30. The van der Waals surface area contributed by atoms with E-state index >= 15 is 0 Å². The molecule has 1 saturated heterocycles. The van der Waals surface area contributed by atoms with Crippen molar-refractivity contribution in [3.8, 4) is 22.4 Å². The molecule has 164 valence electrons. The Labute approximate surface area is 185 Å². The average molecular weight is 433 g/mol. The van der Waals surface area contributed by atoms with E-state index < -0.39 is 5.82 Å². The zero-order valence-electron chi connectivity index (χ0n) is 17.7. The molecule has 4 rings (SSSR count). The molecule has 0 spiro atoms. The third-order valence-electron chi connectivity index (χ3n) is 5.88. The molecule has 2 aromatic carbocycles. The number of hydrogen-bond acceptors (Lipinski definition) is 5. The van der Waals surface area contributed by atoms with E-state index in [1.807, 2.05) is 11.9 Å². The Bertz CT molecular complexity index is 1210. The van der Waals surface area contributed by atoms with E-state index in [2.05, 4.69) is 15.1 Å². The minimum atomic E-state index is -0.655. The number of halogens is 1. The van der Waals surface area contributed by atoms with Gasteiger partial charge in [0.05, 0.1) is 24.4 Å². The van der Waals surface area contributed by atoms with Crippen molar-refractivity contribution in [2.75, 3.05) is 25.0 Å². The number of aliphatic hydroxyl groups is 1. The number of nitrogens with one attached hydrogen (secondary N) is 2. The number of rotatable bonds is 5. The van der Waals surface area contributed by atoms with Gasteiger partial charge in [0.2, 0.25) is 11.6 Å². The summed E-state index contributed by atoms with van der Waals surface area (Å²) in [4.78, 5) is 26.1. The van der Waals surface area contributed by atoms with Gasteiger partial charge in [-0.2, -0.15) is 0 Å². The first-order valence-corrected chi connectivity index (χ1v) is 10.5. The Morgan fingerprint density at radius 3 is 2.50 bits per heavy atom. The highest BCUT2D eigenvalue weighted by atomic mass is 19.1. The normalized spacial score (nSPS) is 14.4. The van der Waals surface area contributed by atoms with Gasteiger partial charge in [0.1, 0.15) is 5.82 Å². The first kappa shape index (κ1) is 21.7. The summed E-state index contributed by atoms with van der Waals surface area (Å²) in [6, 6.07) is 11.6. The summed E-state index contributed by atoms with van der Waals surface area (Å²) in [6.45, 7) is 8.47. The second-order valence-electron chi connectivity index (χ2n) is 7.80. The van der Waals surface area contributed by atoms with Gasteiger partial charge in [0, 0.05) is 24.7 Å². The smallest absolute Gasteiger partial charge is 0.260 e. The lowest BCUT2D eigenvalue weighted by Gasteiger charge is -2.32. The maximum atomic E-state index is 14.4. The maximum Gasteiger partial charge on any atom is 0.260 e. The van der Waals surface area contributed by atoms with Crippen LogP contribution in [0.2, 0.25) is 0 Å². The van der Waals surface area contributed by atoms with Crippen LogP contribution < -0.4 is 15.8 Å². The van der Waals surface area contributed by atoms with Gasteiger partial charge in [-0.25, -0.2) is 14.2 Å². The molecule has 7 nitrogen and oxygen atoms in total. The number of H-pyrrole nitrogens is 1. The molecule has 0 saturated carbocycles. The van der Waals surface area contributed by atoms with Crippen molar-refractivity contribution in [3.63, 3.8) is 0 Å². The van der Waals surface area contributed by atoms with Crippen LogP contribution >= 0.6 is 0 Å². The van der Waals surface area contributed by atoms with Crippen molar-refractivity contribution in [2.45, 2.75) is 25.5 Å². The van der Waals surface area contributed by atoms with Gasteiger partial charge in [-0.1, -0.05) is 36.4 Å². The highest BCUT2D eigenvalue weighted by Crippen LogP contribution is 2.32. The topological polar surface area (TPSA) is 85.6 Å². The van der Waals surface area contributed by atoms with Gasteiger partial charge in [-0.05, 0) is 37.1 Å². The Balaban J connectivity index is 1.84. The van der Waals surface area contributed by atoms with E-state index in [1.54, 1.807) is 30.3 Å². The second kappa shape index (κ2) is 9.30. The van der Waals surface area contributed by atoms with Gasteiger partial charge >= 0.3 is 0 Å². The van der Waals surface area contributed by atoms with Gasteiger partial charge in [0.25, 0.3) is 5.56 Å². The lowest BCUT2D eigenvalue weighted by Crippen LogP contribution is -2.42. The molecular weight excluding hydrogens is 409 g/mol. The first-order chi connectivity index (χ1) is 15.5. The zero-order chi connectivity index (χ0) is 22.7. The number of aromatic nitrogens is 2. The zero-order valence-corrected chi connectivity index (χ0v) is 17.7. The molecule has 1 aliphatic rings. The average Bonchev–Trinajstić information content (AvgIpc) is 2.83. The van der Waals surface area contributed by atoms with Gasteiger partial charge < -0.3 is 15.3 Å². The summed E-state index contributed by atoms with van der Waals surface area (Å²) < 4.78 is 14.4. The van der Waals surface area contributed by atoms with Crippen LogP contribution in [-0.2, 0) is 6.61 Å². The number of benzene rings is 2. The van der Waals surface area contributed by atoms with E-state index in [9.17, 15) is 14.3 Å². The van der Waals surface area contributed by atoms with Crippen molar-refractivity contribution >= 4 is 11.6 Å². The van der Waals surface area contributed by atoms with Crippen LogP contribution in [-0.4, -0.2) is 41.3 Å². The molecule has 2 heterocycles. The van der Waals surface area contributed by atoms with Crippen LogP contribution in [0.1, 0.15) is 18.4 Å². The Morgan fingerprint density at radius 1 is 1.22 bits per heavy atom. The summed E-state index contributed by atoms with van der Waals surface area (Å²) in [5.74, 6) is -0.206. The lowest BCUT2D eigenvalue weighted by molar-refractivity contribution is 0.282. The van der Waals surface area contributed by atoms with E-state index in [0.29, 0.717) is 34.4 Å². The summed E-state index contributed by atoms with van der Waals surface area (Å²) in [6.07, 6.45) is 1.85. The molecule has 0 aliphatic carbocycles. The highest BCUT2D eigenvalue weighted by Gasteiger charge is 2.23. The van der Waals surface area contributed by atoms with Crippen molar-refractivity contribution in [3.05, 3.63) is 75.6 Å². The Hall–Kier alpha value is -3.54. The van der Waals surface area contributed by atoms with Crippen LogP contribution in [0.3, 0.4) is 0 Å². The molecule has 0 atom stereocenters. The molecular formula is C24H24FN5O2. The minimum Gasteiger partial charge on any atom is -0.392 e. The molecule has 0 unspecified atom stereocenters. The van der Waals surface area contributed by atoms with E-state index in [0.717, 1.165) is 31.5 Å². The fourth-order valence-corrected chi connectivity index (χ4v) is 3.99. The van der Waals surface area contributed by atoms with Crippen molar-refractivity contribution in [1.29, 1.82) is 0 Å². The van der Waals surface area contributed by atoms with E-state index in [-0.39, 0.29) is 17.9 Å². The molecule has 3 N–H and O–H groups in total. The summed E-state index contributed by atoms with van der Waals surface area (Å²) >= 11 is 0. The lowest BCUT2D eigenvalue weighted by atomic mass is 9.99. The predicted octanol–water partition coefficient (Wildman–Crippen LogP) is 3.47. The van der Waals surface area contributed by atoms with Crippen molar-refractivity contribution in [2.24, 2.45) is 0 Å². The van der Waals surface area contributed by atoms with E-state index in [4.69, 9.17) is 11.6 Å². The number of anilines is 1. The first-order valence-electron chi connectivity index (χ1n) is 10.5. The molecule has 32 heavy (non-hydrogen) atoms. The van der Waals surface area contributed by atoms with Gasteiger partial charge in [-0.15, -0.1) is 0 Å². The molecule has 1 fully saturated rings. The molecule has 0 radical (unpaired) electrons. The third-order valence-corrected chi connectivity index (χ3v) is 5.88. The fraction of sp³-hybridized carbons (Fsp3) is 0.292. The van der Waals surface area contributed by atoms with Crippen LogP contribution in [0.5, 0.6) is 0 Å². The van der Waals surface area contributed by atoms with Crippen LogP contribution in [0.4, 0.5) is 16.0 Å². The van der Waals surface area contributed by atoms with E-state index in [1.165, 1.54) is 12.1 Å². The van der Waals surface area contributed by atoms with Crippen molar-refractivity contribution < 1.29 is 9.50 Å². The number of aliphatic hydroxyl groups excluding tert-OH is 1. The largest absolute Gasteiger partial charge is 0.392 e. The molecule has 0 amide bonds. The molecule has 8 heteroatoms. The number of nitrogens with zero attached hydrogens (tertiary/aromatic N) is 3. The maximum absolute atomic E-state index is 14.4. The summed E-state index contributed by atoms with van der Waals surface area (Å²) in [7, 11) is 1.94. The SMILES string of the molecule is [C-]#[N+]c1ccc(-c2nc(N3CCC(NC)CC3)[nH]c(=O)c2-c2ccc(CO)cc2)cc1F. The number of piperidine rings is 1. The molecule has 3 aromatic rings. The Morgan fingerprint density at radius 2 is 1.91 bits per heavy atom. The fourth-order valence-electron chi connectivity index (χ4n) is 3.99. The second-order valence-corrected chi connectivity index (χ2v) is 7.80. The van der Waals surface area contributed by atoms with Gasteiger partial charge in [-0.3, -0.25) is 9.78 Å². The highest BCUT2D eigenvalue weighted by molar-refractivity contribution is 5.81. The third kappa shape index (κ3) is 4.26. The van der Waals surface area contributed by atoms with Crippen LogP contribution in [0.15, 0.2) is 47.3 Å². The number of aromatic amines is 1. The quantitative estimate of drug-likeness (QED) is 0.537. The van der Waals surface area contributed by atoms with Crippen LogP contribution in [0, 0.1) is 12.4 Å². The number of hydrogen-bond donors (Lipinski definition) is 3. The molecule has 1 aliphatic heterocycles. The van der Waals surface area contributed by atoms with Crippen molar-refractivity contribution in [1.82, 2.24) is 15.3 Å². The van der Waals surface area contributed by atoms with Gasteiger partial charge in [0.15, 0.2) is 0 Å². The summed E-state index contributed by atoms with van der Waals surface area (Å²) in [5.41, 5.74) is 2.02. The predicted molar refractivity (Wildman–Crippen MR) is 122 cm³/mol. The molecule has 1 aromatic heterocycles.